The highest BCUT2D eigenvalue weighted by Crippen LogP contribution is 2.66. The van der Waals surface area contributed by atoms with Gasteiger partial charge in [-0.3, -0.25) is 0 Å². The summed E-state index contributed by atoms with van der Waals surface area (Å²) < 4.78 is 6.87. The topological polar surface area (TPSA) is 49.7 Å². The Morgan fingerprint density at radius 1 is 1.08 bits per heavy atom. The van der Waals surface area contributed by atoms with Crippen LogP contribution in [-0.2, 0) is 4.43 Å². The Morgan fingerprint density at radius 2 is 1.79 bits per heavy atom. The highest BCUT2D eigenvalue weighted by molar-refractivity contribution is 7.99. The first-order valence-corrected chi connectivity index (χ1v) is 19.5. The number of aliphatic hydroxyl groups is 2. The van der Waals surface area contributed by atoms with Crippen molar-refractivity contribution in [2.75, 3.05) is 12.4 Å². The zero-order chi connectivity index (χ0) is 28.1. The fraction of sp³-hybridized carbons (Fsp3) is 0.879. The van der Waals surface area contributed by atoms with Crippen molar-refractivity contribution in [3.8, 4) is 0 Å². The molecule has 3 saturated carbocycles. The number of fused-ring (bicyclic) bond motifs is 5. The zero-order valence-corrected chi connectivity index (χ0v) is 27.8. The molecular formula is C33H58O3SSi. The molecule has 4 aliphatic carbocycles. The predicted molar refractivity (Wildman–Crippen MR) is 166 cm³/mol. The van der Waals surface area contributed by atoms with Gasteiger partial charge in [-0.15, -0.1) is 0 Å². The van der Waals surface area contributed by atoms with Crippen LogP contribution in [0.1, 0.15) is 106 Å². The minimum atomic E-state index is -1.90. The van der Waals surface area contributed by atoms with Crippen LogP contribution in [0.3, 0.4) is 0 Å². The fourth-order valence-corrected chi connectivity index (χ4v) is 10.9. The monoisotopic (exact) mass is 562 g/mol. The van der Waals surface area contributed by atoms with E-state index in [-0.39, 0.29) is 27.7 Å². The quantitative estimate of drug-likeness (QED) is 0.218. The molecule has 5 heteroatoms. The molecule has 0 amide bonds. The van der Waals surface area contributed by atoms with Crippen molar-refractivity contribution in [2.24, 2.45) is 28.6 Å². The number of rotatable bonds is 9. The van der Waals surface area contributed by atoms with Crippen LogP contribution in [0.5, 0.6) is 0 Å². The van der Waals surface area contributed by atoms with Crippen LogP contribution in [0.4, 0.5) is 0 Å². The first-order chi connectivity index (χ1) is 17.5. The molecule has 0 radical (unpaired) electrons. The first-order valence-electron chi connectivity index (χ1n) is 15.6. The number of hydrogen-bond donors (Lipinski definition) is 2. The summed E-state index contributed by atoms with van der Waals surface area (Å²) in [4.78, 5) is 0. The second-order valence-electron chi connectivity index (χ2n) is 15.9. The maximum absolute atomic E-state index is 11.8. The third kappa shape index (κ3) is 5.94. The number of allylic oxidation sites excluding steroid dienone is 4. The summed E-state index contributed by atoms with van der Waals surface area (Å²) >= 11 is 2.01. The second-order valence-corrected chi connectivity index (χ2v) is 22.0. The molecule has 38 heavy (non-hydrogen) atoms. The molecule has 218 valence electrons. The van der Waals surface area contributed by atoms with Crippen molar-refractivity contribution in [3.63, 3.8) is 0 Å². The van der Waals surface area contributed by atoms with Crippen molar-refractivity contribution < 1.29 is 14.6 Å². The summed E-state index contributed by atoms with van der Waals surface area (Å²) in [5.74, 6) is 2.39. The Labute approximate surface area is 239 Å². The van der Waals surface area contributed by atoms with Crippen LogP contribution >= 0.6 is 11.8 Å². The molecule has 0 bridgehead atoms. The summed E-state index contributed by atoms with van der Waals surface area (Å²) in [6, 6.07) is 0. The van der Waals surface area contributed by atoms with Crippen LogP contribution in [0.15, 0.2) is 23.3 Å². The van der Waals surface area contributed by atoms with Crippen LogP contribution in [0.25, 0.3) is 0 Å². The summed E-state index contributed by atoms with van der Waals surface area (Å²) in [7, 11) is -1.90. The number of thioether (sulfide) groups is 1. The van der Waals surface area contributed by atoms with Crippen LogP contribution in [0.2, 0.25) is 18.1 Å². The van der Waals surface area contributed by atoms with Gasteiger partial charge in [0.1, 0.15) is 0 Å². The summed E-state index contributed by atoms with van der Waals surface area (Å²) in [6.07, 6.45) is 15.2. The summed E-state index contributed by atoms with van der Waals surface area (Å²) in [6.45, 7) is 21.3. The molecular weight excluding hydrogens is 505 g/mol. The smallest absolute Gasteiger partial charge is 0.192 e. The maximum Gasteiger partial charge on any atom is 0.192 e. The first kappa shape index (κ1) is 30.9. The molecule has 3 nitrogen and oxygen atoms in total. The Morgan fingerprint density at radius 3 is 2.45 bits per heavy atom. The van der Waals surface area contributed by atoms with Gasteiger partial charge in [0.05, 0.1) is 11.7 Å². The second kappa shape index (κ2) is 11.0. The molecule has 0 unspecified atom stereocenters. The van der Waals surface area contributed by atoms with E-state index in [1.807, 2.05) is 25.6 Å². The lowest BCUT2D eigenvalue weighted by Gasteiger charge is -2.54. The maximum atomic E-state index is 11.8. The van der Waals surface area contributed by atoms with Gasteiger partial charge in [-0.05, 0) is 112 Å². The minimum absolute atomic E-state index is 0.114. The van der Waals surface area contributed by atoms with Crippen molar-refractivity contribution in [2.45, 2.75) is 141 Å². The summed E-state index contributed by atoms with van der Waals surface area (Å²) in [5.41, 5.74) is 3.18. The fourth-order valence-electron chi connectivity index (χ4n) is 8.27. The van der Waals surface area contributed by atoms with E-state index in [1.54, 1.807) is 11.1 Å². The Hall–Kier alpha value is -0.0731. The van der Waals surface area contributed by atoms with Gasteiger partial charge in [-0.2, -0.15) is 11.8 Å². The van der Waals surface area contributed by atoms with E-state index in [2.05, 4.69) is 59.9 Å². The molecule has 0 saturated heterocycles. The third-order valence-corrected chi connectivity index (χ3v) is 17.6. The number of aliphatic hydroxyl groups excluding tert-OH is 1. The number of hydrogen-bond acceptors (Lipinski definition) is 4. The van der Waals surface area contributed by atoms with E-state index in [9.17, 15) is 10.2 Å². The highest BCUT2D eigenvalue weighted by atomic mass is 32.2. The van der Waals surface area contributed by atoms with Gasteiger partial charge in [0.25, 0.3) is 0 Å². The van der Waals surface area contributed by atoms with E-state index >= 15 is 0 Å². The average molecular weight is 563 g/mol. The Balaban J connectivity index is 1.58. The Kier molecular flexibility index (Phi) is 8.91. The van der Waals surface area contributed by atoms with E-state index in [0.717, 1.165) is 31.6 Å². The molecule has 0 aromatic carbocycles. The Bertz CT molecular complexity index is 912. The van der Waals surface area contributed by atoms with E-state index in [0.29, 0.717) is 17.3 Å². The zero-order valence-electron chi connectivity index (χ0n) is 26.0. The average Bonchev–Trinajstić information content (AvgIpc) is 3.07. The molecule has 3 fully saturated rings. The molecule has 0 aliphatic heterocycles. The standard InChI is InChI=1S/C33H58O3SSi/c1-30(2,3)38(8,9)36-22-28(37-20-12-17-31(4,5)35)29-27(34)21-26-24-15-14-23-13-10-11-18-32(23,6)25(24)16-19-33(26,29)7/h14-15,25-29,34-35H,10-13,16-22H2,1-9H3/t25-,26-,27-,28-,29+,32-,33-/m0/s1. The lowest BCUT2D eigenvalue weighted by atomic mass is 9.50. The van der Waals surface area contributed by atoms with Crippen LogP contribution in [0, 0.1) is 28.6 Å². The minimum Gasteiger partial charge on any atom is -0.416 e. The van der Waals surface area contributed by atoms with Crippen molar-refractivity contribution >= 4 is 20.1 Å². The molecule has 4 rings (SSSR count). The third-order valence-electron chi connectivity index (χ3n) is 11.7. The van der Waals surface area contributed by atoms with Crippen molar-refractivity contribution in [1.82, 2.24) is 0 Å². The van der Waals surface area contributed by atoms with Gasteiger partial charge >= 0.3 is 0 Å². The van der Waals surface area contributed by atoms with Gasteiger partial charge in [0.15, 0.2) is 8.32 Å². The molecule has 7 atom stereocenters. The van der Waals surface area contributed by atoms with E-state index < -0.39 is 13.9 Å². The van der Waals surface area contributed by atoms with Crippen molar-refractivity contribution in [1.29, 1.82) is 0 Å². The van der Waals surface area contributed by atoms with Gasteiger partial charge in [0, 0.05) is 17.8 Å². The molecule has 0 aromatic rings. The van der Waals surface area contributed by atoms with Gasteiger partial charge in [0.2, 0.25) is 0 Å². The van der Waals surface area contributed by atoms with Crippen molar-refractivity contribution in [3.05, 3.63) is 23.3 Å². The molecule has 0 spiro atoms. The molecule has 0 aromatic heterocycles. The normalized spacial score (nSPS) is 36.6. The highest BCUT2D eigenvalue weighted by Gasteiger charge is 2.60. The lowest BCUT2D eigenvalue weighted by Crippen LogP contribution is -2.49. The van der Waals surface area contributed by atoms with E-state index in [1.165, 1.54) is 38.5 Å². The van der Waals surface area contributed by atoms with Gasteiger partial charge in [-0.25, -0.2) is 0 Å². The predicted octanol–water partition coefficient (Wildman–Crippen LogP) is 8.52. The summed E-state index contributed by atoms with van der Waals surface area (Å²) in [5, 5.41) is 22.5. The lowest BCUT2D eigenvalue weighted by molar-refractivity contribution is 0.0343. The molecule has 4 aliphatic rings. The SMILES string of the molecule is CC(C)(O)CCCS[C@@H](CO[Si](C)(C)C(C)(C)C)[C@H]1[C@@H](O)C[C@H]2C3=CC=C4CCCC[C@]4(C)[C@H]3CC[C@]12C. The van der Waals surface area contributed by atoms with E-state index in [4.69, 9.17) is 4.43 Å². The van der Waals surface area contributed by atoms with Crippen LogP contribution < -0.4 is 0 Å². The van der Waals surface area contributed by atoms with Gasteiger partial charge in [-0.1, -0.05) is 64.3 Å². The van der Waals surface area contributed by atoms with Gasteiger partial charge < -0.3 is 14.6 Å². The molecule has 0 heterocycles. The molecule has 2 N–H and O–H groups in total. The largest absolute Gasteiger partial charge is 0.416 e. The van der Waals surface area contributed by atoms with Crippen LogP contribution in [-0.4, -0.2) is 47.8 Å².